The first kappa shape index (κ1) is 6.10. The smallest absolute Gasteiger partial charge is 0.115 e. The molecule has 17 heavy (non-hydrogen) atoms. The highest BCUT2D eigenvalue weighted by molar-refractivity contribution is 5.41. The third-order valence-electron chi connectivity index (χ3n) is 2.60. The van der Waals surface area contributed by atoms with Gasteiger partial charge in [0.1, 0.15) is 11.5 Å². The van der Waals surface area contributed by atoms with Crippen LogP contribution in [0.15, 0.2) is 48.5 Å². The van der Waals surface area contributed by atoms with Gasteiger partial charge in [0.2, 0.25) is 0 Å². The van der Waals surface area contributed by atoms with Crippen molar-refractivity contribution in [3.05, 3.63) is 59.7 Å². The van der Waals surface area contributed by atoms with Crippen molar-refractivity contribution in [1.82, 2.24) is 0 Å². The molecule has 2 N–H and O–H groups in total. The molecule has 0 fully saturated rings. The van der Waals surface area contributed by atoms with Crippen molar-refractivity contribution >= 4 is 0 Å². The normalized spacial score (nSPS) is 18.1. The molecule has 0 spiro atoms. The Bertz CT molecular complexity index is 610. The summed E-state index contributed by atoms with van der Waals surface area (Å²) in [7, 11) is 0. The second-order valence-electron chi connectivity index (χ2n) is 3.84. The van der Waals surface area contributed by atoms with Crippen LogP contribution in [0.5, 0.6) is 11.5 Å². The fraction of sp³-hybridized carbons (Fsp3) is 0.200. The van der Waals surface area contributed by atoms with Crippen LogP contribution in [0.2, 0.25) is 0 Å². The Morgan fingerprint density at radius 1 is 0.765 bits per heavy atom. The van der Waals surface area contributed by atoms with E-state index in [0.29, 0.717) is 0 Å². The van der Waals surface area contributed by atoms with Crippen molar-refractivity contribution in [2.24, 2.45) is 0 Å². The van der Waals surface area contributed by atoms with Crippen molar-refractivity contribution in [3.63, 3.8) is 0 Å². The number of rotatable bonds is 2. The minimum absolute atomic E-state index is 0.0426. The molecule has 0 aliphatic heterocycles. The van der Waals surface area contributed by atoms with Crippen LogP contribution < -0.4 is 0 Å². The maximum atomic E-state index is 9.42. The lowest BCUT2D eigenvalue weighted by molar-refractivity contribution is 0.474. The van der Waals surface area contributed by atoms with E-state index in [9.17, 15) is 10.2 Å². The van der Waals surface area contributed by atoms with E-state index in [1.54, 1.807) is 0 Å². The molecule has 2 nitrogen and oxygen atoms in total. The molecule has 0 bridgehead atoms. The third kappa shape index (κ3) is 2.26. The van der Waals surface area contributed by atoms with Crippen LogP contribution in [0, 0.1) is 0 Å². The lowest BCUT2D eigenvalue weighted by Gasteiger charge is -2.26. The van der Waals surface area contributed by atoms with Gasteiger partial charge in [-0.2, -0.15) is 0 Å². The molecule has 0 aromatic heterocycles. The molecular formula is C15H16O2. The van der Waals surface area contributed by atoms with Gasteiger partial charge in [0, 0.05) is 13.6 Å². The summed E-state index contributed by atoms with van der Waals surface area (Å²) in [6, 6.07) is 10.2. The summed E-state index contributed by atoms with van der Waals surface area (Å²) < 4.78 is 47.5. The van der Waals surface area contributed by atoms with Crippen LogP contribution in [-0.4, -0.2) is 10.2 Å². The SMILES string of the molecule is [2H]C([2H])([2H])C(c1ccc(O)cc1)(c1ccc(O)cc1)C([2H])([2H])[2H]. The van der Waals surface area contributed by atoms with Crippen LogP contribution in [-0.2, 0) is 5.41 Å². The predicted molar refractivity (Wildman–Crippen MR) is 68.3 cm³/mol. The molecular weight excluding hydrogens is 212 g/mol. The van der Waals surface area contributed by atoms with E-state index in [1.165, 1.54) is 48.5 Å². The van der Waals surface area contributed by atoms with Crippen molar-refractivity contribution in [3.8, 4) is 11.5 Å². The van der Waals surface area contributed by atoms with E-state index in [0.717, 1.165) is 0 Å². The minimum atomic E-state index is -2.88. The maximum Gasteiger partial charge on any atom is 0.115 e. The predicted octanol–water partition coefficient (Wildman–Crippen LogP) is 3.42. The van der Waals surface area contributed by atoms with E-state index in [1.807, 2.05) is 0 Å². The second kappa shape index (κ2) is 4.13. The first-order valence-electron chi connectivity index (χ1n) is 8.09. The Hall–Kier alpha value is -1.96. The highest BCUT2D eigenvalue weighted by Gasteiger charge is 2.22. The molecule has 0 saturated heterocycles. The fourth-order valence-electron chi connectivity index (χ4n) is 1.59. The Morgan fingerprint density at radius 2 is 1.12 bits per heavy atom. The van der Waals surface area contributed by atoms with E-state index >= 15 is 0 Å². The summed E-state index contributed by atoms with van der Waals surface area (Å²) in [6.45, 7) is -5.77. The van der Waals surface area contributed by atoms with Gasteiger partial charge in [-0.25, -0.2) is 0 Å². The fourth-order valence-corrected chi connectivity index (χ4v) is 1.59. The molecule has 2 rings (SSSR count). The first-order chi connectivity index (χ1) is 10.5. The standard InChI is InChI=1S/C15H16O2/c1-15(2,11-3-7-13(16)8-4-11)12-5-9-14(17)10-6-12/h3-10,16-17H,1-2H3/i1D3,2D3. The quantitative estimate of drug-likeness (QED) is 0.835. The van der Waals surface area contributed by atoms with E-state index in [4.69, 9.17) is 8.22 Å². The van der Waals surface area contributed by atoms with E-state index in [-0.39, 0.29) is 22.6 Å². The van der Waals surface area contributed by atoms with Gasteiger partial charge in [0.15, 0.2) is 0 Å². The van der Waals surface area contributed by atoms with Gasteiger partial charge in [0.25, 0.3) is 0 Å². The number of hydrogen-bond donors (Lipinski definition) is 2. The summed E-state index contributed by atoms with van der Waals surface area (Å²) in [5.74, 6) is -0.186. The summed E-state index contributed by atoms with van der Waals surface area (Å²) in [4.78, 5) is 0. The number of benzene rings is 2. The third-order valence-corrected chi connectivity index (χ3v) is 2.60. The number of hydrogen-bond acceptors (Lipinski definition) is 2. The zero-order valence-electron chi connectivity index (χ0n) is 15.0. The molecule has 0 amide bonds. The summed E-state index contributed by atoms with van der Waals surface area (Å²) in [5.41, 5.74) is -2.19. The Morgan fingerprint density at radius 3 is 1.41 bits per heavy atom. The van der Waals surface area contributed by atoms with Gasteiger partial charge in [0.05, 0.1) is 0 Å². The maximum absolute atomic E-state index is 9.42. The number of phenols is 2. The summed E-state index contributed by atoms with van der Waals surface area (Å²) in [6.07, 6.45) is 0. The Kier molecular flexibility index (Phi) is 1.48. The monoisotopic (exact) mass is 234 g/mol. The lowest BCUT2D eigenvalue weighted by Crippen LogP contribution is -2.18. The summed E-state index contributed by atoms with van der Waals surface area (Å²) >= 11 is 0. The average molecular weight is 234 g/mol. The molecule has 2 aromatic carbocycles. The molecule has 0 aliphatic rings. The molecule has 0 saturated carbocycles. The van der Waals surface area contributed by atoms with Crippen molar-refractivity contribution in [1.29, 1.82) is 0 Å². The van der Waals surface area contributed by atoms with Crippen LogP contribution >= 0.6 is 0 Å². The molecule has 88 valence electrons. The van der Waals surface area contributed by atoms with Crippen LogP contribution in [0.3, 0.4) is 0 Å². The minimum Gasteiger partial charge on any atom is -0.508 e. The van der Waals surface area contributed by atoms with Gasteiger partial charge in [-0.1, -0.05) is 38.0 Å². The van der Waals surface area contributed by atoms with Gasteiger partial charge >= 0.3 is 0 Å². The molecule has 0 atom stereocenters. The van der Waals surface area contributed by atoms with Gasteiger partial charge in [-0.05, 0) is 35.4 Å². The van der Waals surface area contributed by atoms with Gasteiger partial charge in [-0.3, -0.25) is 0 Å². The van der Waals surface area contributed by atoms with Crippen molar-refractivity contribution in [2.75, 3.05) is 0 Å². The van der Waals surface area contributed by atoms with E-state index in [2.05, 4.69) is 0 Å². The highest BCUT2D eigenvalue weighted by atomic mass is 16.3. The second-order valence-corrected chi connectivity index (χ2v) is 3.84. The molecule has 0 unspecified atom stereocenters. The first-order valence-corrected chi connectivity index (χ1v) is 5.09. The topological polar surface area (TPSA) is 40.5 Å². The molecule has 2 heteroatoms. The number of aromatic hydroxyl groups is 2. The van der Waals surface area contributed by atoms with Gasteiger partial charge < -0.3 is 10.2 Å². The van der Waals surface area contributed by atoms with E-state index < -0.39 is 19.1 Å². The molecule has 2 aromatic rings. The van der Waals surface area contributed by atoms with Gasteiger partial charge in [-0.15, -0.1) is 0 Å². The molecule has 0 heterocycles. The Balaban J connectivity index is 2.86. The summed E-state index contributed by atoms with van der Waals surface area (Å²) in [5, 5.41) is 18.8. The lowest BCUT2D eigenvalue weighted by atomic mass is 9.78. The zero-order valence-corrected chi connectivity index (χ0v) is 9.01. The van der Waals surface area contributed by atoms with Crippen molar-refractivity contribution < 1.29 is 18.4 Å². The largest absolute Gasteiger partial charge is 0.508 e. The molecule has 0 radical (unpaired) electrons. The zero-order chi connectivity index (χ0) is 17.5. The Labute approximate surface area is 110 Å². The molecule has 0 aliphatic carbocycles. The van der Waals surface area contributed by atoms with Crippen molar-refractivity contribution in [2.45, 2.75) is 19.1 Å². The number of phenolic OH excluding ortho intramolecular Hbond substituents is 2. The average Bonchev–Trinajstić information content (AvgIpc) is 2.40. The highest BCUT2D eigenvalue weighted by Crippen LogP contribution is 2.32. The van der Waals surface area contributed by atoms with Crippen LogP contribution in [0.4, 0.5) is 0 Å². The van der Waals surface area contributed by atoms with Crippen LogP contribution in [0.25, 0.3) is 0 Å². The van der Waals surface area contributed by atoms with Crippen LogP contribution in [0.1, 0.15) is 33.1 Å².